The highest BCUT2D eigenvalue weighted by molar-refractivity contribution is 6.00. The van der Waals surface area contributed by atoms with Crippen LogP contribution < -0.4 is 5.32 Å². The van der Waals surface area contributed by atoms with Crippen LogP contribution in [0.15, 0.2) is 42.6 Å². The Balaban J connectivity index is 1.55. The fourth-order valence-electron chi connectivity index (χ4n) is 5.94. The summed E-state index contributed by atoms with van der Waals surface area (Å²) < 4.78 is 5.48. The predicted octanol–water partition coefficient (Wildman–Crippen LogP) is 2.45. The molecule has 8 nitrogen and oxygen atoms in total. The number of aryl methyl sites for hydroxylation is 1. The molecule has 3 aliphatic rings. The molecule has 0 unspecified atom stereocenters. The second-order valence-electron chi connectivity index (χ2n) is 10.6. The molecule has 4 atom stereocenters. The first-order chi connectivity index (χ1) is 17.9. The molecule has 1 aliphatic carbocycles. The molecular formula is C29H36N4O4. The Morgan fingerprint density at radius 3 is 2.38 bits per heavy atom. The molecule has 0 bridgehead atoms. The second-order valence-corrected chi connectivity index (χ2v) is 10.6. The smallest absolute Gasteiger partial charge is 0.250 e. The number of benzene rings is 1. The summed E-state index contributed by atoms with van der Waals surface area (Å²) in [7, 11) is 0. The lowest BCUT2D eigenvalue weighted by Crippen LogP contribution is -2.68. The van der Waals surface area contributed by atoms with Crippen molar-refractivity contribution in [2.24, 2.45) is 11.8 Å². The molecule has 37 heavy (non-hydrogen) atoms. The molecule has 1 N–H and O–H groups in total. The van der Waals surface area contributed by atoms with Gasteiger partial charge in [0.2, 0.25) is 17.7 Å². The summed E-state index contributed by atoms with van der Waals surface area (Å²) in [6.07, 6.45) is 3.82. The van der Waals surface area contributed by atoms with Crippen LogP contribution in [0.3, 0.4) is 0 Å². The van der Waals surface area contributed by atoms with Gasteiger partial charge in [0, 0.05) is 30.5 Å². The van der Waals surface area contributed by atoms with Gasteiger partial charge < -0.3 is 19.9 Å². The highest BCUT2D eigenvalue weighted by Crippen LogP contribution is 2.36. The van der Waals surface area contributed by atoms with Gasteiger partial charge in [-0.05, 0) is 48.8 Å². The zero-order valence-corrected chi connectivity index (χ0v) is 21.9. The minimum atomic E-state index is -0.921. The van der Waals surface area contributed by atoms with Crippen LogP contribution in [0.2, 0.25) is 0 Å². The number of hydrogen-bond donors (Lipinski definition) is 1. The quantitative estimate of drug-likeness (QED) is 0.653. The fourth-order valence-corrected chi connectivity index (χ4v) is 5.94. The van der Waals surface area contributed by atoms with Crippen LogP contribution in [-0.4, -0.2) is 70.9 Å². The number of amides is 3. The fraction of sp³-hybridized carbons (Fsp3) is 0.517. The van der Waals surface area contributed by atoms with Crippen molar-refractivity contribution in [1.82, 2.24) is 20.1 Å². The number of pyridine rings is 1. The minimum absolute atomic E-state index is 0.0514. The first kappa shape index (κ1) is 25.4. The monoisotopic (exact) mass is 504 g/mol. The number of fused-ring (bicyclic) bond motifs is 1. The number of carbonyl (C=O) groups is 3. The summed E-state index contributed by atoms with van der Waals surface area (Å²) >= 11 is 0. The summed E-state index contributed by atoms with van der Waals surface area (Å²) in [5.74, 6) is -0.725. The van der Waals surface area contributed by atoms with Crippen molar-refractivity contribution in [1.29, 1.82) is 0 Å². The molecular weight excluding hydrogens is 468 g/mol. The highest BCUT2D eigenvalue weighted by atomic mass is 16.5. The number of carbonyl (C=O) groups excluding carboxylic acids is 3. The molecule has 8 heteroatoms. The molecule has 0 radical (unpaired) electrons. The number of nitrogens with one attached hydrogen (secondary N) is 1. The van der Waals surface area contributed by atoms with Crippen LogP contribution in [0.25, 0.3) is 0 Å². The van der Waals surface area contributed by atoms with Gasteiger partial charge in [-0.25, -0.2) is 0 Å². The zero-order chi connectivity index (χ0) is 26.1. The Hall–Kier alpha value is -3.26. The number of morpholine rings is 1. The van der Waals surface area contributed by atoms with Crippen molar-refractivity contribution in [3.8, 4) is 0 Å². The van der Waals surface area contributed by atoms with E-state index in [2.05, 4.69) is 22.4 Å². The third-order valence-corrected chi connectivity index (χ3v) is 8.21. The van der Waals surface area contributed by atoms with Crippen LogP contribution >= 0.6 is 0 Å². The Labute approximate surface area is 218 Å². The van der Waals surface area contributed by atoms with Gasteiger partial charge in [0.05, 0.1) is 13.2 Å². The Morgan fingerprint density at radius 2 is 1.78 bits per heavy atom. The maximum absolute atomic E-state index is 14.4. The van der Waals surface area contributed by atoms with E-state index in [-0.39, 0.29) is 29.6 Å². The number of nitrogens with zero attached hydrogens (tertiary/aromatic N) is 3. The van der Waals surface area contributed by atoms with Crippen LogP contribution in [0.1, 0.15) is 48.7 Å². The third kappa shape index (κ3) is 4.87. The number of piperazine rings is 1. The van der Waals surface area contributed by atoms with Gasteiger partial charge in [-0.1, -0.05) is 50.6 Å². The van der Waals surface area contributed by atoms with Gasteiger partial charge in [0.15, 0.2) is 0 Å². The number of ether oxygens (including phenoxy) is 1. The summed E-state index contributed by atoms with van der Waals surface area (Å²) in [5, 5.41) is 3.08. The van der Waals surface area contributed by atoms with Crippen LogP contribution in [0.5, 0.6) is 0 Å². The van der Waals surface area contributed by atoms with Crippen molar-refractivity contribution >= 4 is 17.7 Å². The van der Waals surface area contributed by atoms with E-state index in [4.69, 9.17) is 4.74 Å². The number of hydrogen-bond acceptors (Lipinski definition) is 5. The lowest BCUT2D eigenvalue weighted by atomic mass is 9.86. The molecule has 2 aliphatic heterocycles. The van der Waals surface area contributed by atoms with E-state index in [9.17, 15) is 14.4 Å². The third-order valence-electron chi connectivity index (χ3n) is 8.21. The van der Waals surface area contributed by atoms with E-state index < -0.39 is 18.1 Å². The Kier molecular flexibility index (Phi) is 7.29. The van der Waals surface area contributed by atoms with Gasteiger partial charge in [-0.2, -0.15) is 0 Å². The van der Waals surface area contributed by atoms with E-state index in [1.807, 2.05) is 45.0 Å². The van der Waals surface area contributed by atoms with Gasteiger partial charge in [0.25, 0.3) is 0 Å². The van der Waals surface area contributed by atoms with Crippen molar-refractivity contribution in [2.45, 2.75) is 58.2 Å². The summed E-state index contributed by atoms with van der Waals surface area (Å²) in [6.45, 7) is 7.69. The molecule has 1 aromatic carbocycles. The Bertz CT molecular complexity index is 1140. The first-order valence-corrected chi connectivity index (χ1v) is 13.4. The standard InChI is InChI=1S/C29H36N4O4/c1-4-18(2)25-27(34)31-24(23-15-20-7-5-6-8-21(20)16-23)28(35)33(25)26(22-10-9-19(3)30-17-22)29(36)32-11-13-37-14-12-32/h5-10,17-18,23-26H,4,11-16H2,1-3H3,(H,31,34)/t18-,24+,25+,26+/m0/s1. The van der Waals surface area contributed by atoms with Gasteiger partial charge >= 0.3 is 0 Å². The lowest BCUT2D eigenvalue weighted by molar-refractivity contribution is -0.163. The molecule has 196 valence electrons. The predicted molar refractivity (Wildman–Crippen MR) is 138 cm³/mol. The van der Waals surface area contributed by atoms with Crippen molar-refractivity contribution in [3.63, 3.8) is 0 Å². The maximum atomic E-state index is 14.4. The minimum Gasteiger partial charge on any atom is -0.378 e. The summed E-state index contributed by atoms with van der Waals surface area (Å²) in [6, 6.07) is 9.57. The van der Waals surface area contributed by atoms with E-state index in [0.717, 1.165) is 18.5 Å². The van der Waals surface area contributed by atoms with E-state index in [1.54, 1.807) is 16.0 Å². The van der Waals surface area contributed by atoms with Crippen molar-refractivity contribution in [3.05, 3.63) is 65.0 Å². The van der Waals surface area contributed by atoms with Crippen molar-refractivity contribution < 1.29 is 19.1 Å². The first-order valence-electron chi connectivity index (χ1n) is 13.4. The number of rotatable bonds is 6. The average Bonchev–Trinajstić information content (AvgIpc) is 3.35. The van der Waals surface area contributed by atoms with Gasteiger partial charge in [0.1, 0.15) is 18.1 Å². The Morgan fingerprint density at radius 1 is 1.11 bits per heavy atom. The lowest BCUT2D eigenvalue weighted by Gasteiger charge is -2.47. The van der Waals surface area contributed by atoms with E-state index in [0.29, 0.717) is 38.3 Å². The molecule has 0 spiro atoms. The van der Waals surface area contributed by atoms with E-state index >= 15 is 0 Å². The van der Waals surface area contributed by atoms with Crippen LogP contribution in [0.4, 0.5) is 0 Å². The molecule has 5 rings (SSSR count). The zero-order valence-electron chi connectivity index (χ0n) is 21.9. The largest absolute Gasteiger partial charge is 0.378 e. The highest BCUT2D eigenvalue weighted by Gasteiger charge is 2.51. The topological polar surface area (TPSA) is 91.8 Å². The average molecular weight is 505 g/mol. The SMILES string of the molecule is CC[C@H](C)[C@@H]1C(=O)N[C@H](C2Cc3ccccc3C2)C(=O)N1[C@@H](C(=O)N1CCOCC1)c1ccc(C)nc1. The van der Waals surface area contributed by atoms with Gasteiger partial charge in [-0.15, -0.1) is 0 Å². The number of aromatic nitrogens is 1. The molecule has 2 saturated heterocycles. The maximum Gasteiger partial charge on any atom is 0.250 e. The summed E-state index contributed by atoms with van der Waals surface area (Å²) in [5.41, 5.74) is 3.89. The molecule has 3 amide bonds. The normalized spacial score (nSPS) is 24.0. The molecule has 1 aromatic heterocycles. The van der Waals surface area contributed by atoms with Crippen molar-refractivity contribution in [2.75, 3.05) is 26.3 Å². The second kappa shape index (κ2) is 10.6. The van der Waals surface area contributed by atoms with E-state index in [1.165, 1.54) is 11.1 Å². The molecule has 2 aromatic rings. The van der Waals surface area contributed by atoms with Crippen LogP contribution in [-0.2, 0) is 32.0 Å². The molecule has 0 saturated carbocycles. The van der Waals surface area contributed by atoms with Gasteiger partial charge in [-0.3, -0.25) is 19.4 Å². The molecule has 2 fully saturated rings. The molecule has 3 heterocycles. The van der Waals surface area contributed by atoms with Crippen LogP contribution in [0, 0.1) is 18.8 Å². The summed E-state index contributed by atoms with van der Waals surface area (Å²) in [4.78, 5) is 50.0.